The molecule has 0 aliphatic rings. The average molecular weight is 138 g/mol. The predicted octanol–water partition coefficient (Wildman–Crippen LogP) is 0.0652. The van der Waals surface area contributed by atoms with Gasteiger partial charge in [0.05, 0.1) is 5.75 Å². The molecule has 0 aromatic heterocycles. The molecule has 7 heavy (non-hydrogen) atoms. The minimum absolute atomic E-state index is 0.177. The normalized spacial score (nSPS) is 11.7. The maximum absolute atomic E-state index is 9.60. The van der Waals surface area contributed by atoms with Gasteiger partial charge in [-0.05, 0) is 22.7 Å². The highest BCUT2D eigenvalue weighted by atomic mass is 35.5. The van der Waals surface area contributed by atoms with Gasteiger partial charge in [-0.1, -0.05) is 5.92 Å². The van der Waals surface area contributed by atoms with Gasteiger partial charge in [0.1, 0.15) is 0 Å². The Hall–Kier alpha value is -0.0400. The lowest BCUT2D eigenvalue weighted by Gasteiger charge is -1.93. The summed E-state index contributed by atoms with van der Waals surface area (Å²) in [5.41, 5.74) is 0. The number of hydrogen-bond acceptors (Lipinski definition) is 2. The summed E-state index contributed by atoms with van der Waals surface area (Å²) in [6.07, 6.45) is 0. The average Bonchev–Trinajstić information content (AvgIpc) is 1.61. The van der Waals surface area contributed by atoms with E-state index in [0.717, 1.165) is 0 Å². The smallest absolute Gasteiger partial charge is 0.0727 e. The van der Waals surface area contributed by atoms with Crippen LogP contribution in [0.15, 0.2) is 0 Å². The van der Waals surface area contributed by atoms with Gasteiger partial charge >= 0.3 is 0 Å². The van der Waals surface area contributed by atoms with E-state index in [1.165, 1.54) is 0 Å². The third-order valence-corrected chi connectivity index (χ3v) is 0.771. The molecule has 0 heterocycles. The van der Waals surface area contributed by atoms with Gasteiger partial charge < -0.3 is 4.55 Å². The van der Waals surface area contributed by atoms with E-state index in [1.807, 2.05) is 5.38 Å². The Morgan fingerprint density at radius 3 is 2.57 bits per heavy atom. The van der Waals surface area contributed by atoms with Gasteiger partial charge in [0.2, 0.25) is 0 Å². The first kappa shape index (κ1) is 6.96. The highest BCUT2D eigenvalue weighted by molar-refractivity contribution is 7.79. The summed E-state index contributed by atoms with van der Waals surface area (Å²) in [4.78, 5) is 0. The summed E-state index contributed by atoms with van der Waals surface area (Å²) in [6, 6.07) is 0. The first-order valence-electron chi connectivity index (χ1n) is 1.41. The Bertz CT molecular complexity index is 123. The third-order valence-electron chi connectivity index (χ3n) is 0.257. The summed E-state index contributed by atoms with van der Waals surface area (Å²) < 4.78 is 19.2. The van der Waals surface area contributed by atoms with Crippen LogP contribution in [0, 0.1) is 11.3 Å². The molecule has 0 amide bonds. The van der Waals surface area contributed by atoms with Crippen LogP contribution in [-0.4, -0.2) is 14.5 Å². The Balaban J connectivity index is 3.26. The number of hydrogen-bond donors (Lipinski definition) is 0. The van der Waals surface area contributed by atoms with Crippen LogP contribution in [0.5, 0.6) is 0 Å². The second-order valence-electron chi connectivity index (χ2n) is 0.719. The molecule has 0 bridgehead atoms. The predicted molar refractivity (Wildman–Crippen MR) is 27.4 cm³/mol. The highest BCUT2D eigenvalue weighted by Gasteiger charge is 1.69. The second kappa shape index (κ2) is 4.13. The van der Waals surface area contributed by atoms with Crippen molar-refractivity contribution in [2.75, 3.05) is 5.75 Å². The molecule has 0 rings (SSSR count). The molecule has 0 aliphatic carbocycles. The van der Waals surface area contributed by atoms with E-state index in [-0.39, 0.29) is 5.75 Å². The number of rotatable bonds is 1. The zero-order valence-electron chi connectivity index (χ0n) is 3.31. The van der Waals surface area contributed by atoms with Crippen molar-refractivity contribution in [2.45, 2.75) is 0 Å². The largest absolute Gasteiger partial charge is 0.772 e. The monoisotopic (exact) mass is 137 g/mol. The van der Waals surface area contributed by atoms with Crippen molar-refractivity contribution in [3.63, 3.8) is 0 Å². The van der Waals surface area contributed by atoms with Crippen molar-refractivity contribution in [1.29, 1.82) is 0 Å². The second-order valence-corrected chi connectivity index (χ2v) is 1.80. The topological polar surface area (TPSA) is 40.1 Å². The lowest BCUT2D eigenvalue weighted by Crippen LogP contribution is -1.89. The van der Waals surface area contributed by atoms with Crippen LogP contribution >= 0.6 is 11.6 Å². The van der Waals surface area contributed by atoms with E-state index in [9.17, 15) is 8.76 Å². The van der Waals surface area contributed by atoms with Gasteiger partial charge in [-0.15, -0.1) is 0 Å². The molecule has 0 spiro atoms. The van der Waals surface area contributed by atoms with E-state index >= 15 is 0 Å². The molecule has 0 saturated heterocycles. The van der Waals surface area contributed by atoms with Crippen molar-refractivity contribution >= 4 is 22.7 Å². The summed E-state index contributed by atoms with van der Waals surface area (Å²) in [6.45, 7) is 0. The minimum atomic E-state index is -2.07. The molecule has 1 unspecified atom stereocenters. The van der Waals surface area contributed by atoms with Gasteiger partial charge in [0.25, 0.3) is 0 Å². The van der Waals surface area contributed by atoms with E-state index < -0.39 is 11.1 Å². The van der Waals surface area contributed by atoms with E-state index in [2.05, 4.69) is 5.92 Å². The van der Waals surface area contributed by atoms with Crippen LogP contribution in [0.3, 0.4) is 0 Å². The fraction of sp³-hybridized carbons (Fsp3) is 0.333. The molecule has 0 aromatic carbocycles. The quantitative estimate of drug-likeness (QED) is 0.379. The first-order chi connectivity index (χ1) is 3.27. The van der Waals surface area contributed by atoms with Gasteiger partial charge in [0, 0.05) is 5.38 Å². The molecule has 2 nitrogen and oxygen atoms in total. The van der Waals surface area contributed by atoms with Gasteiger partial charge in [-0.25, -0.2) is 0 Å². The molecular weight excluding hydrogens is 136 g/mol. The van der Waals surface area contributed by atoms with Crippen molar-refractivity contribution < 1.29 is 8.76 Å². The first-order valence-corrected chi connectivity index (χ1v) is 3.04. The molecule has 40 valence electrons. The Labute approximate surface area is 49.1 Å². The fourth-order valence-electron chi connectivity index (χ4n) is 0.0862. The fourth-order valence-corrected chi connectivity index (χ4v) is 0.422. The zero-order valence-corrected chi connectivity index (χ0v) is 4.88. The van der Waals surface area contributed by atoms with Crippen molar-refractivity contribution in [2.24, 2.45) is 0 Å². The van der Waals surface area contributed by atoms with Crippen LogP contribution in [-0.2, 0) is 11.1 Å². The molecule has 0 saturated carbocycles. The lowest BCUT2D eigenvalue weighted by molar-refractivity contribution is 0.540. The Kier molecular flexibility index (Phi) is 4.10. The number of halogens is 1. The molecule has 0 fully saturated rings. The molecular formula is C3H2ClO2S-. The standard InChI is InChI=1S/C3H3ClO2S/c4-2-1-3-7(5)6/h3H2,(H,5,6)/p-1. The summed E-state index contributed by atoms with van der Waals surface area (Å²) in [7, 11) is 0. The van der Waals surface area contributed by atoms with Gasteiger partial charge in [-0.3, -0.25) is 4.21 Å². The van der Waals surface area contributed by atoms with E-state index in [0.29, 0.717) is 0 Å². The maximum Gasteiger partial charge on any atom is 0.0727 e. The van der Waals surface area contributed by atoms with E-state index in [4.69, 9.17) is 11.6 Å². The summed E-state index contributed by atoms with van der Waals surface area (Å²) in [5, 5.41) is 1.93. The molecule has 0 N–H and O–H groups in total. The highest BCUT2D eigenvalue weighted by Crippen LogP contribution is 1.69. The van der Waals surface area contributed by atoms with Crippen LogP contribution in [0.2, 0.25) is 0 Å². The third kappa shape index (κ3) is 5.96. The molecule has 0 radical (unpaired) electrons. The van der Waals surface area contributed by atoms with Gasteiger partial charge in [0.15, 0.2) is 0 Å². The maximum atomic E-state index is 9.60. The summed E-state index contributed by atoms with van der Waals surface area (Å²) >= 11 is 2.74. The Morgan fingerprint density at radius 2 is 2.43 bits per heavy atom. The van der Waals surface area contributed by atoms with Crippen molar-refractivity contribution in [1.82, 2.24) is 0 Å². The summed E-state index contributed by atoms with van der Waals surface area (Å²) in [5.74, 6) is 1.97. The molecule has 0 aliphatic heterocycles. The van der Waals surface area contributed by atoms with Crippen LogP contribution in [0.1, 0.15) is 0 Å². The SMILES string of the molecule is O=S([O-])CC#CCl. The van der Waals surface area contributed by atoms with Crippen molar-refractivity contribution in [3.05, 3.63) is 0 Å². The lowest BCUT2D eigenvalue weighted by atomic mass is 10.8. The minimum Gasteiger partial charge on any atom is -0.772 e. The van der Waals surface area contributed by atoms with Crippen LogP contribution in [0.25, 0.3) is 0 Å². The Morgan fingerprint density at radius 1 is 1.86 bits per heavy atom. The van der Waals surface area contributed by atoms with E-state index in [1.54, 1.807) is 0 Å². The molecule has 1 atom stereocenters. The van der Waals surface area contributed by atoms with Crippen LogP contribution in [0.4, 0.5) is 0 Å². The van der Waals surface area contributed by atoms with Gasteiger partial charge in [-0.2, -0.15) is 0 Å². The molecule has 4 heteroatoms. The molecule has 0 aromatic rings. The van der Waals surface area contributed by atoms with Crippen LogP contribution < -0.4 is 0 Å². The zero-order chi connectivity index (χ0) is 5.70. The van der Waals surface area contributed by atoms with Crippen molar-refractivity contribution in [3.8, 4) is 11.3 Å².